The number of nitrogens with one attached hydrogen (secondary N) is 1. The number of thioether (sulfide) groups is 1. The third kappa shape index (κ3) is 3.76. The van der Waals surface area contributed by atoms with Crippen molar-refractivity contribution in [1.29, 1.82) is 0 Å². The summed E-state index contributed by atoms with van der Waals surface area (Å²) in [6.45, 7) is 4.34. The molecular weight excluding hydrogens is 284 g/mol. The van der Waals surface area contributed by atoms with Crippen LogP contribution in [0, 0.1) is 24.0 Å². The van der Waals surface area contributed by atoms with Crippen molar-refractivity contribution in [2.75, 3.05) is 11.6 Å². The summed E-state index contributed by atoms with van der Waals surface area (Å²) in [5.74, 6) is 0. The van der Waals surface area contributed by atoms with Crippen LogP contribution in [-0.4, -0.2) is 11.2 Å². The number of hydrogen-bond donors (Lipinski definition) is 1. The van der Waals surface area contributed by atoms with Gasteiger partial charge in [0.15, 0.2) is 0 Å². The highest BCUT2D eigenvalue weighted by Gasteiger charge is 2.13. The van der Waals surface area contributed by atoms with Gasteiger partial charge in [-0.1, -0.05) is 12.1 Å². The van der Waals surface area contributed by atoms with Gasteiger partial charge < -0.3 is 5.32 Å². The minimum Gasteiger partial charge on any atom is -0.381 e. The quantitative estimate of drug-likeness (QED) is 0.500. The monoisotopic (exact) mass is 302 g/mol. The summed E-state index contributed by atoms with van der Waals surface area (Å²) < 4.78 is 0. The molecule has 0 saturated heterocycles. The molecule has 0 aliphatic heterocycles. The summed E-state index contributed by atoms with van der Waals surface area (Å²) in [6.07, 6.45) is 2.05. The van der Waals surface area contributed by atoms with Crippen LogP contribution in [0.3, 0.4) is 0 Å². The topological polar surface area (TPSA) is 55.2 Å². The van der Waals surface area contributed by atoms with Gasteiger partial charge in [-0.3, -0.25) is 10.1 Å². The number of aryl methyl sites for hydroxylation is 2. The molecule has 5 heteroatoms. The molecule has 0 aromatic heterocycles. The lowest BCUT2D eigenvalue weighted by molar-refractivity contribution is -0.385. The number of benzene rings is 2. The van der Waals surface area contributed by atoms with Gasteiger partial charge in [0.05, 0.1) is 4.92 Å². The standard InChI is InChI=1S/C16H18N2O2S/c1-11-9-16(18(19)20)12(2)8-15(11)17-10-13-4-6-14(21-3)7-5-13/h4-9,17H,10H2,1-3H3. The van der Waals surface area contributed by atoms with E-state index in [1.165, 1.54) is 10.5 Å². The normalized spacial score (nSPS) is 10.4. The van der Waals surface area contributed by atoms with Crippen LogP contribution in [0.4, 0.5) is 11.4 Å². The van der Waals surface area contributed by atoms with Crippen LogP contribution < -0.4 is 5.32 Å². The zero-order valence-electron chi connectivity index (χ0n) is 12.3. The molecule has 0 aliphatic rings. The van der Waals surface area contributed by atoms with Crippen molar-refractivity contribution < 1.29 is 4.92 Å². The average Bonchev–Trinajstić information content (AvgIpc) is 2.48. The largest absolute Gasteiger partial charge is 0.381 e. The molecule has 0 atom stereocenters. The summed E-state index contributed by atoms with van der Waals surface area (Å²) >= 11 is 1.72. The van der Waals surface area contributed by atoms with Crippen LogP contribution in [0.5, 0.6) is 0 Å². The van der Waals surface area contributed by atoms with Crippen molar-refractivity contribution in [3.63, 3.8) is 0 Å². The van der Waals surface area contributed by atoms with Gasteiger partial charge in [-0.15, -0.1) is 11.8 Å². The van der Waals surface area contributed by atoms with E-state index in [0.717, 1.165) is 11.3 Å². The van der Waals surface area contributed by atoms with Crippen molar-refractivity contribution in [2.24, 2.45) is 0 Å². The molecular formula is C16H18N2O2S. The smallest absolute Gasteiger partial charge is 0.272 e. The second kappa shape index (κ2) is 6.63. The summed E-state index contributed by atoms with van der Waals surface area (Å²) in [4.78, 5) is 11.8. The molecule has 0 saturated carbocycles. The molecule has 4 nitrogen and oxygen atoms in total. The number of nitro benzene ring substituents is 1. The first-order chi connectivity index (χ1) is 10.0. The molecule has 2 rings (SSSR count). The Kier molecular flexibility index (Phi) is 4.85. The lowest BCUT2D eigenvalue weighted by Crippen LogP contribution is -2.02. The van der Waals surface area contributed by atoms with Gasteiger partial charge in [-0.2, -0.15) is 0 Å². The predicted octanol–water partition coefficient (Wildman–Crippen LogP) is 4.55. The van der Waals surface area contributed by atoms with E-state index in [1.807, 2.05) is 13.0 Å². The molecule has 0 spiro atoms. The Bertz CT molecular complexity index is 654. The average molecular weight is 302 g/mol. The van der Waals surface area contributed by atoms with Gasteiger partial charge in [0.2, 0.25) is 0 Å². The maximum Gasteiger partial charge on any atom is 0.272 e. The Morgan fingerprint density at radius 3 is 2.38 bits per heavy atom. The van der Waals surface area contributed by atoms with E-state index >= 15 is 0 Å². The molecule has 0 fully saturated rings. The van der Waals surface area contributed by atoms with Crippen molar-refractivity contribution in [3.05, 3.63) is 63.2 Å². The fourth-order valence-corrected chi connectivity index (χ4v) is 2.54. The summed E-state index contributed by atoms with van der Waals surface area (Å²) in [5.41, 5.74) is 3.84. The van der Waals surface area contributed by atoms with Crippen LogP contribution in [0.1, 0.15) is 16.7 Å². The molecule has 0 heterocycles. The lowest BCUT2D eigenvalue weighted by Gasteiger charge is -2.11. The van der Waals surface area contributed by atoms with Gasteiger partial charge in [0.1, 0.15) is 0 Å². The van der Waals surface area contributed by atoms with E-state index in [0.29, 0.717) is 12.1 Å². The summed E-state index contributed by atoms with van der Waals surface area (Å²) in [5, 5.41) is 14.3. The second-order valence-electron chi connectivity index (χ2n) is 4.91. The first kappa shape index (κ1) is 15.4. The van der Waals surface area contributed by atoms with Crippen LogP contribution in [-0.2, 0) is 6.54 Å². The fraction of sp³-hybridized carbons (Fsp3) is 0.250. The highest BCUT2D eigenvalue weighted by atomic mass is 32.2. The Morgan fingerprint density at radius 1 is 1.14 bits per heavy atom. The predicted molar refractivity (Wildman–Crippen MR) is 88.1 cm³/mol. The maximum absolute atomic E-state index is 10.9. The molecule has 2 aromatic carbocycles. The Labute approximate surface area is 128 Å². The van der Waals surface area contributed by atoms with E-state index in [-0.39, 0.29) is 10.6 Å². The van der Waals surface area contributed by atoms with Gasteiger partial charge in [0.25, 0.3) is 5.69 Å². The molecule has 0 amide bonds. The second-order valence-corrected chi connectivity index (χ2v) is 5.79. The third-order valence-electron chi connectivity index (χ3n) is 3.38. The first-order valence-electron chi connectivity index (χ1n) is 6.63. The Morgan fingerprint density at radius 2 is 1.81 bits per heavy atom. The number of nitro groups is 1. The summed E-state index contributed by atoms with van der Waals surface area (Å²) in [6, 6.07) is 11.8. The number of hydrogen-bond acceptors (Lipinski definition) is 4. The highest BCUT2D eigenvalue weighted by molar-refractivity contribution is 7.98. The van der Waals surface area contributed by atoms with E-state index in [1.54, 1.807) is 24.8 Å². The molecule has 21 heavy (non-hydrogen) atoms. The molecule has 0 bridgehead atoms. The maximum atomic E-state index is 10.9. The minimum absolute atomic E-state index is 0.169. The molecule has 1 N–H and O–H groups in total. The van der Waals surface area contributed by atoms with Crippen molar-refractivity contribution in [2.45, 2.75) is 25.3 Å². The van der Waals surface area contributed by atoms with Gasteiger partial charge >= 0.3 is 0 Å². The third-order valence-corrected chi connectivity index (χ3v) is 4.13. The molecule has 0 aliphatic carbocycles. The zero-order valence-corrected chi connectivity index (χ0v) is 13.2. The van der Waals surface area contributed by atoms with Crippen LogP contribution in [0.25, 0.3) is 0 Å². The van der Waals surface area contributed by atoms with Crippen LogP contribution in [0.15, 0.2) is 41.3 Å². The van der Waals surface area contributed by atoms with E-state index in [4.69, 9.17) is 0 Å². The van der Waals surface area contributed by atoms with E-state index < -0.39 is 0 Å². The van der Waals surface area contributed by atoms with Crippen LogP contribution >= 0.6 is 11.8 Å². The summed E-state index contributed by atoms with van der Waals surface area (Å²) in [7, 11) is 0. The molecule has 0 unspecified atom stereocenters. The fourth-order valence-electron chi connectivity index (χ4n) is 2.13. The van der Waals surface area contributed by atoms with E-state index in [9.17, 15) is 10.1 Å². The molecule has 2 aromatic rings. The van der Waals surface area contributed by atoms with Gasteiger partial charge in [-0.05, 0) is 49.4 Å². The minimum atomic E-state index is -0.340. The van der Waals surface area contributed by atoms with Crippen LogP contribution in [0.2, 0.25) is 0 Å². The number of nitrogens with zero attached hydrogens (tertiary/aromatic N) is 1. The van der Waals surface area contributed by atoms with E-state index in [2.05, 4.69) is 35.8 Å². The Hall–Kier alpha value is -2.01. The van der Waals surface area contributed by atoms with Crippen molar-refractivity contribution in [3.8, 4) is 0 Å². The molecule has 0 radical (unpaired) electrons. The Balaban J connectivity index is 2.12. The SMILES string of the molecule is CSc1ccc(CNc2cc(C)c([N+](=O)[O-])cc2C)cc1. The van der Waals surface area contributed by atoms with Crippen molar-refractivity contribution in [1.82, 2.24) is 0 Å². The number of anilines is 1. The lowest BCUT2D eigenvalue weighted by atomic mass is 10.1. The molecule has 110 valence electrons. The highest BCUT2D eigenvalue weighted by Crippen LogP contribution is 2.26. The number of rotatable bonds is 5. The van der Waals surface area contributed by atoms with Crippen molar-refractivity contribution >= 4 is 23.1 Å². The van der Waals surface area contributed by atoms with Gasteiger partial charge in [0, 0.05) is 28.8 Å². The van der Waals surface area contributed by atoms with Gasteiger partial charge in [-0.25, -0.2) is 0 Å². The zero-order chi connectivity index (χ0) is 15.4. The first-order valence-corrected chi connectivity index (χ1v) is 7.86.